The van der Waals surface area contributed by atoms with E-state index in [-0.39, 0.29) is 23.1 Å². The number of hydrogen-bond acceptors (Lipinski definition) is 10. The zero-order valence-electron chi connectivity index (χ0n) is 34.4. The molecule has 0 aliphatic rings. The van der Waals surface area contributed by atoms with Crippen LogP contribution in [-0.4, -0.2) is 50.3 Å². The largest absolute Gasteiger partial charge is 0.494 e. The number of carbonyl (C=O) groups excluding carboxylic acids is 4. The zero-order valence-corrected chi connectivity index (χ0v) is 34.4. The summed E-state index contributed by atoms with van der Waals surface area (Å²) in [5.74, 6) is -14.1. The number of esters is 4. The summed E-state index contributed by atoms with van der Waals surface area (Å²) in [4.78, 5) is 48.0. The van der Waals surface area contributed by atoms with E-state index in [1.165, 1.54) is 48.5 Å². The second kappa shape index (κ2) is 26.4. The van der Waals surface area contributed by atoms with Crippen molar-refractivity contribution in [3.8, 4) is 23.0 Å². The summed E-state index contributed by atoms with van der Waals surface area (Å²) in [6, 6.07) is 10.8. The number of benzene rings is 3. The minimum Gasteiger partial charge on any atom is -0.494 e. The Labute approximate surface area is 348 Å². The van der Waals surface area contributed by atoms with Crippen LogP contribution >= 0.6 is 0 Å². The number of carbonyl (C=O) groups is 4. The van der Waals surface area contributed by atoms with Crippen molar-refractivity contribution in [2.75, 3.05) is 26.4 Å². The molecule has 14 heteroatoms. The predicted molar refractivity (Wildman–Crippen MR) is 216 cm³/mol. The molecule has 3 aromatic rings. The monoisotopic (exact) mass is 842 g/mol. The third-order valence-corrected chi connectivity index (χ3v) is 9.03. The van der Waals surface area contributed by atoms with Crippen molar-refractivity contribution in [2.24, 2.45) is 0 Å². The Morgan fingerprint density at radius 3 is 0.983 bits per heavy atom. The summed E-state index contributed by atoms with van der Waals surface area (Å²) in [6.07, 6.45) is 13.1. The van der Waals surface area contributed by atoms with E-state index in [2.05, 4.69) is 13.2 Å². The van der Waals surface area contributed by atoms with Crippen LogP contribution in [0.15, 0.2) is 72.8 Å². The first-order valence-corrected chi connectivity index (χ1v) is 20.2. The van der Waals surface area contributed by atoms with E-state index in [0.717, 1.165) is 89.9 Å². The Bertz CT molecular complexity index is 1730. The molecule has 0 saturated carbocycles. The topological polar surface area (TPSA) is 124 Å². The van der Waals surface area contributed by atoms with Crippen molar-refractivity contribution in [3.63, 3.8) is 0 Å². The summed E-state index contributed by atoms with van der Waals surface area (Å²) in [5, 5.41) is 0. The van der Waals surface area contributed by atoms with Crippen LogP contribution in [0.2, 0.25) is 0 Å². The lowest BCUT2D eigenvalue weighted by atomic mass is 10.1. The molecule has 0 fully saturated rings. The minimum absolute atomic E-state index is 0.178. The summed E-state index contributed by atoms with van der Waals surface area (Å²) < 4.78 is 90.6. The standard InChI is InChI=1S/C46H54F4O10/c1-31(2)43(51)57-29-17-13-9-5-7-11-15-27-55-35-23-19-33(20-24-35)45(53)59-41-37(47)39(49)42(40(50)38(41)48)60-46(54)34-21-25-36(26-22-34)56-28-16-12-8-6-10-14-18-30-58-44(52)32(3)4/h19-26H,1,3,5-18,27-30H2,2,4H3. The van der Waals surface area contributed by atoms with E-state index in [4.69, 9.17) is 28.4 Å². The van der Waals surface area contributed by atoms with Gasteiger partial charge in [-0.3, -0.25) is 0 Å². The number of ether oxygens (including phenoxy) is 6. The fourth-order valence-corrected chi connectivity index (χ4v) is 5.58. The molecule has 0 radical (unpaired) electrons. The Kier molecular flexibility index (Phi) is 21.5. The summed E-state index contributed by atoms with van der Waals surface area (Å²) >= 11 is 0. The molecule has 3 rings (SSSR count). The van der Waals surface area contributed by atoms with Crippen LogP contribution in [0.3, 0.4) is 0 Å². The molecule has 0 spiro atoms. The van der Waals surface area contributed by atoms with Crippen LogP contribution in [0.4, 0.5) is 17.6 Å². The molecule has 0 aromatic heterocycles. The van der Waals surface area contributed by atoms with Gasteiger partial charge in [0.25, 0.3) is 0 Å². The Morgan fingerprint density at radius 2 is 0.700 bits per heavy atom. The number of rotatable bonds is 28. The molecule has 0 heterocycles. The molecular weight excluding hydrogens is 788 g/mol. The molecule has 326 valence electrons. The SMILES string of the molecule is C=C(C)C(=O)OCCCCCCCCCOc1ccc(C(=O)Oc2c(F)c(F)c(OC(=O)c3ccc(OCCCCCCCCCOC(=O)C(=C)C)cc3)c(F)c2F)cc1. The van der Waals surface area contributed by atoms with Crippen LogP contribution in [0.5, 0.6) is 23.0 Å². The third kappa shape index (κ3) is 16.9. The maximum absolute atomic E-state index is 14.9. The first-order valence-electron chi connectivity index (χ1n) is 20.2. The second-order valence-electron chi connectivity index (χ2n) is 14.2. The van der Waals surface area contributed by atoms with Gasteiger partial charge in [0.05, 0.1) is 37.6 Å². The van der Waals surface area contributed by atoms with Gasteiger partial charge in [0.2, 0.25) is 34.8 Å². The van der Waals surface area contributed by atoms with Gasteiger partial charge in [0.15, 0.2) is 0 Å². The molecule has 0 saturated heterocycles. The lowest BCUT2D eigenvalue weighted by molar-refractivity contribution is -0.139. The second-order valence-corrected chi connectivity index (χ2v) is 14.2. The van der Waals surface area contributed by atoms with Gasteiger partial charge in [0, 0.05) is 11.1 Å². The van der Waals surface area contributed by atoms with Gasteiger partial charge >= 0.3 is 23.9 Å². The summed E-state index contributed by atoms with van der Waals surface area (Å²) in [7, 11) is 0. The lowest BCUT2D eigenvalue weighted by Crippen LogP contribution is -2.16. The van der Waals surface area contributed by atoms with E-state index < -0.39 is 46.7 Å². The number of unbranched alkanes of at least 4 members (excludes halogenated alkanes) is 12. The third-order valence-electron chi connectivity index (χ3n) is 9.03. The van der Waals surface area contributed by atoms with Gasteiger partial charge in [-0.15, -0.1) is 0 Å². The van der Waals surface area contributed by atoms with Crippen molar-refractivity contribution in [3.05, 3.63) is 107 Å². The first-order chi connectivity index (χ1) is 28.8. The van der Waals surface area contributed by atoms with Gasteiger partial charge in [-0.05, 0) is 88.1 Å². The van der Waals surface area contributed by atoms with Crippen LogP contribution < -0.4 is 18.9 Å². The first kappa shape index (κ1) is 48.7. The zero-order chi connectivity index (χ0) is 43.9. The van der Waals surface area contributed by atoms with Crippen LogP contribution in [0.1, 0.15) is 124 Å². The molecule has 0 atom stereocenters. The van der Waals surface area contributed by atoms with Crippen molar-refractivity contribution in [1.82, 2.24) is 0 Å². The Hall–Kier alpha value is -5.66. The van der Waals surface area contributed by atoms with Gasteiger partial charge < -0.3 is 28.4 Å². The number of hydrogen-bond donors (Lipinski definition) is 0. The van der Waals surface area contributed by atoms with Crippen LogP contribution in [0.25, 0.3) is 0 Å². The maximum Gasteiger partial charge on any atom is 0.343 e. The van der Waals surface area contributed by atoms with E-state index in [9.17, 15) is 36.7 Å². The van der Waals surface area contributed by atoms with E-state index in [1.807, 2.05) is 0 Å². The Morgan fingerprint density at radius 1 is 0.433 bits per heavy atom. The fraction of sp³-hybridized carbons (Fsp3) is 0.435. The molecule has 0 N–H and O–H groups in total. The van der Waals surface area contributed by atoms with Crippen molar-refractivity contribution >= 4 is 23.9 Å². The van der Waals surface area contributed by atoms with E-state index >= 15 is 0 Å². The minimum atomic E-state index is -2.07. The number of halogens is 4. The van der Waals surface area contributed by atoms with Crippen LogP contribution in [0, 0.1) is 23.3 Å². The molecule has 0 bridgehead atoms. The molecular formula is C46H54F4O10. The molecule has 0 aliphatic carbocycles. The average molecular weight is 843 g/mol. The average Bonchev–Trinajstić information content (AvgIpc) is 3.24. The highest BCUT2D eigenvalue weighted by Gasteiger charge is 2.31. The van der Waals surface area contributed by atoms with E-state index in [0.29, 0.717) is 49.1 Å². The smallest absolute Gasteiger partial charge is 0.343 e. The normalized spacial score (nSPS) is 10.8. The highest BCUT2D eigenvalue weighted by Crippen LogP contribution is 2.35. The summed E-state index contributed by atoms with van der Waals surface area (Å²) in [6.45, 7) is 11.9. The highest BCUT2D eigenvalue weighted by molar-refractivity contribution is 5.92. The van der Waals surface area contributed by atoms with Gasteiger partial charge in [0.1, 0.15) is 11.5 Å². The molecule has 0 aliphatic heterocycles. The van der Waals surface area contributed by atoms with Crippen molar-refractivity contribution < 1.29 is 65.2 Å². The van der Waals surface area contributed by atoms with E-state index in [1.54, 1.807) is 13.8 Å². The highest BCUT2D eigenvalue weighted by atomic mass is 19.2. The van der Waals surface area contributed by atoms with Crippen LogP contribution in [-0.2, 0) is 19.1 Å². The lowest BCUT2D eigenvalue weighted by Gasteiger charge is -2.13. The van der Waals surface area contributed by atoms with Gasteiger partial charge in [-0.1, -0.05) is 77.4 Å². The molecule has 0 unspecified atom stereocenters. The Balaban J connectivity index is 1.37. The maximum atomic E-state index is 14.9. The van der Waals surface area contributed by atoms with Gasteiger partial charge in [-0.25, -0.2) is 19.2 Å². The molecule has 60 heavy (non-hydrogen) atoms. The quantitative estimate of drug-likeness (QED) is 0.0174. The molecule has 10 nitrogen and oxygen atoms in total. The van der Waals surface area contributed by atoms with Crippen molar-refractivity contribution in [1.29, 1.82) is 0 Å². The fourth-order valence-electron chi connectivity index (χ4n) is 5.58. The molecule has 0 amide bonds. The predicted octanol–water partition coefficient (Wildman–Crippen LogP) is 11.1. The van der Waals surface area contributed by atoms with Gasteiger partial charge in [-0.2, -0.15) is 17.6 Å². The van der Waals surface area contributed by atoms with Crippen molar-refractivity contribution in [2.45, 2.75) is 104 Å². The summed E-state index contributed by atoms with van der Waals surface area (Å²) in [5.41, 5.74) is 0.410. The molecule has 3 aromatic carbocycles.